The SMILES string of the molecule is N[C@H](Cc1ccccc1)C(=O)OCCc1ccc(CCOC(=O)[C@H](N)Cc2ccccc2)cc1. The standard InChI is InChI=1S/C28H32N2O4/c29-25(19-23-7-3-1-4-8-23)27(31)33-17-15-21-11-13-22(14-12-21)16-18-34-28(32)26(30)20-24-9-5-2-6-10-24/h1-14,25-26H,15-20,29-30H2/t25-,26-/m1/s1. The summed E-state index contributed by atoms with van der Waals surface area (Å²) in [4.78, 5) is 24.2. The average Bonchev–Trinajstić information content (AvgIpc) is 2.86. The molecule has 0 aliphatic rings. The molecule has 3 aromatic carbocycles. The Bertz CT molecular complexity index is 939. The van der Waals surface area contributed by atoms with Crippen molar-refractivity contribution in [2.24, 2.45) is 11.5 Å². The molecule has 0 saturated heterocycles. The summed E-state index contributed by atoms with van der Waals surface area (Å²) in [6.07, 6.45) is 2.12. The Hall–Kier alpha value is -3.48. The summed E-state index contributed by atoms with van der Waals surface area (Å²) in [5, 5.41) is 0. The highest BCUT2D eigenvalue weighted by molar-refractivity contribution is 5.76. The smallest absolute Gasteiger partial charge is 0.323 e. The number of nitrogens with two attached hydrogens (primary N) is 2. The molecule has 0 radical (unpaired) electrons. The van der Waals surface area contributed by atoms with Crippen molar-refractivity contribution in [3.63, 3.8) is 0 Å². The normalized spacial score (nSPS) is 12.5. The van der Waals surface area contributed by atoms with Crippen molar-refractivity contribution in [2.75, 3.05) is 13.2 Å². The number of carbonyl (C=O) groups excluding carboxylic acids is 2. The molecule has 0 spiro atoms. The van der Waals surface area contributed by atoms with Gasteiger partial charge in [0.25, 0.3) is 0 Å². The Balaban J connectivity index is 1.33. The lowest BCUT2D eigenvalue weighted by Crippen LogP contribution is -2.34. The summed E-state index contributed by atoms with van der Waals surface area (Å²) in [7, 11) is 0. The summed E-state index contributed by atoms with van der Waals surface area (Å²) in [6, 6.07) is 25.9. The van der Waals surface area contributed by atoms with Crippen LogP contribution >= 0.6 is 0 Å². The highest BCUT2D eigenvalue weighted by Crippen LogP contribution is 2.09. The van der Waals surface area contributed by atoms with Gasteiger partial charge in [0, 0.05) is 12.8 Å². The number of hydrogen-bond donors (Lipinski definition) is 2. The Labute approximate surface area is 200 Å². The van der Waals surface area contributed by atoms with Crippen LogP contribution in [0.3, 0.4) is 0 Å². The topological polar surface area (TPSA) is 105 Å². The summed E-state index contributed by atoms with van der Waals surface area (Å²) in [5.41, 5.74) is 16.0. The minimum atomic E-state index is -0.673. The quantitative estimate of drug-likeness (QED) is 0.403. The van der Waals surface area contributed by atoms with Crippen molar-refractivity contribution in [3.8, 4) is 0 Å². The zero-order chi connectivity index (χ0) is 24.2. The number of rotatable bonds is 12. The second kappa shape index (κ2) is 13.3. The number of benzene rings is 3. The second-order valence-corrected chi connectivity index (χ2v) is 8.24. The van der Waals surface area contributed by atoms with Crippen molar-refractivity contribution in [2.45, 2.75) is 37.8 Å². The van der Waals surface area contributed by atoms with E-state index in [2.05, 4.69) is 0 Å². The zero-order valence-electron chi connectivity index (χ0n) is 19.3. The van der Waals surface area contributed by atoms with Gasteiger partial charge in [-0.15, -0.1) is 0 Å². The van der Waals surface area contributed by atoms with Crippen LogP contribution in [0.25, 0.3) is 0 Å². The predicted octanol–water partition coefficient (Wildman–Crippen LogP) is 3.00. The molecule has 0 heterocycles. The van der Waals surface area contributed by atoms with E-state index in [0.29, 0.717) is 25.7 Å². The molecule has 34 heavy (non-hydrogen) atoms. The van der Waals surface area contributed by atoms with Gasteiger partial charge in [0.2, 0.25) is 0 Å². The highest BCUT2D eigenvalue weighted by atomic mass is 16.5. The van der Waals surface area contributed by atoms with Crippen molar-refractivity contribution < 1.29 is 19.1 Å². The average molecular weight is 461 g/mol. The van der Waals surface area contributed by atoms with E-state index in [1.807, 2.05) is 84.9 Å². The third-order valence-electron chi connectivity index (χ3n) is 5.50. The lowest BCUT2D eigenvalue weighted by atomic mass is 10.1. The molecule has 3 aromatic rings. The maximum atomic E-state index is 12.1. The van der Waals surface area contributed by atoms with Gasteiger partial charge in [0.05, 0.1) is 13.2 Å². The van der Waals surface area contributed by atoms with Crippen LogP contribution in [0.15, 0.2) is 84.9 Å². The van der Waals surface area contributed by atoms with Crippen LogP contribution in [0.5, 0.6) is 0 Å². The van der Waals surface area contributed by atoms with Crippen molar-refractivity contribution in [3.05, 3.63) is 107 Å². The molecule has 6 nitrogen and oxygen atoms in total. The number of ether oxygens (including phenoxy) is 2. The van der Waals surface area contributed by atoms with Gasteiger partial charge >= 0.3 is 11.9 Å². The monoisotopic (exact) mass is 460 g/mol. The molecule has 3 rings (SSSR count). The first-order valence-electron chi connectivity index (χ1n) is 11.5. The third kappa shape index (κ3) is 8.46. The summed E-state index contributed by atoms with van der Waals surface area (Å²) >= 11 is 0. The van der Waals surface area contributed by atoms with Crippen molar-refractivity contribution >= 4 is 11.9 Å². The molecule has 4 N–H and O–H groups in total. The Morgan fingerprint density at radius 1 is 0.559 bits per heavy atom. The molecule has 6 heteroatoms. The van der Waals surface area contributed by atoms with Crippen LogP contribution in [-0.2, 0) is 44.7 Å². The fraction of sp³-hybridized carbons (Fsp3) is 0.286. The molecule has 178 valence electrons. The van der Waals surface area contributed by atoms with Crippen LogP contribution in [0.1, 0.15) is 22.3 Å². The number of hydrogen-bond acceptors (Lipinski definition) is 6. The lowest BCUT2D eigenvalue weighted by Gasteiger charge is -2.12. The van der Waals surface area contributed by atoms with E-state index in [0.717, 1.165) is 22.3 Å². The fourth-order valence-electron chi connectivity index (χ4n) is 3.53. The van der Waals surface area contributed by atoms with E-state index >= 15 is 0 Å². The first kappa shape index (κ1) is 25.1. The lowest BCUT2D eigenvalue weighted by molar-refractivity contribution is -0.146. The van der Waals surface area contributed by atoms with Gasteiger partial charge in [0.1, 0.15) is 12.1 Å². The van der Waals surface area contributed by atoms with E-state index in [9.17, 15) is 9.59 Å². The van der Waals surface area contributed by atoms with Crippen LogP contribution in [0, 0.1) is 0 Å². The minimum absolute atomic E-state index is 0.275. The van der Waals surface area contributed by atoms with E-state index in [1.165, 1.54) is 0 Å². The Morgan fingerprint density at radius 3 is 1.26 bits per heavy atom. The molecule has 0 bridgehead atoms. The van der Waals surface area contributed by atoms with Gasteiger partial charge in [-0.1, -0.05) is 84.9 Å². The highest BCUT2D eigenvalue weighted by Gasteiger charge is 2.16. The van der Waals surface area contributed by atoms with Gasteiger partial charge in [-0.3, -0.25) is 9.59 Å². The summed E-state index contributed by atoms with van der Waals surface area (Å²) in [6.45, 7) is 0.551. The first-order chi connectivity index (χ1) is 16.5. The Morgan fingerprint density at radius 2 is 0.912 bits per heavy atom. The largest absolute Gasteiger partial charge is 0.464 e. The summed E-state index contributed by atoms with van der Waals surface area (Å²) in [5.74, 6) is -0.791. The maximum Gasteiger partial charge on any atom is 0.323 e. The van der Waals surface area contributed by atoms with E-state index < -0.39 is 24.0 Å². The van der Waals surface area contributed by atoms with Crippen LogP contribution in [0.4, 0.5) is 0 Å². The van der Waals surface area contributed by atoms with Gasteiger partial charge in [-0.25, -0.2) is 0 Å². The molecule has 0 aromatic heterocycles. The van der Waals surface area contributed by atoms with Crippen molar-refractivity contribution in [1.82, 2.24) is 0 Å². The van der Waals surface area contributed by atoms with Gasteiger partial charge in [-0.05, 0) is 35.1 Å². The van der Waals surface area contributed by atoms with Gasteiger partial charge in [-0.2, -0.15) is 0 Å². The molecule has 0 aliphatic heterocycles. The number of carbonyl (C=O) groups is 2. The molecule has 0 fully saturated rings. The number of esters is 2. The van der Waals surface area contributed by atoms with Crippen molar-refractivity contribution in [1.29, 1.82) is 0 Å². The van der Waals surface area contributed by atoms with Gasteiger partial charge in [0.15, 0.2) is 0 Å². The van der Waals surface area contributed by atoms with E-state index in [1.54, 1.807) is 0 Å². The fourth-order valence-corrected chi connectivity index (χ4v) is 3.53. The second-order valence-electron chi connectivity index (χ2n) is 8.24. The first-order valence-corrected chi connectivity index (χ1v) is 11.5. The van der Waals surface area contributed by atoms with Crippen LogP contribution in [-0.4, -0.2) is 37.2 Å². The predicted molar refractivity (Wildman–Crippen MR) is 132 cm³/mol. The zero-order valence-corrected chi connectivity index (χ0v) is 19.3. The minimum Gasteiger partial charge on any atom is -0.464 e. The molecular weight excluding hydrogens is 428 g/mol. The molecule has 0 amide bonds. The Kier molecular flexibility index (Phi) is 9.82. The molecule has 2 atom stereocenters. The summed E-state index contributed by atoms with van der Waals surface area (Å²) < 4.78 is 10.7. The third-order valence-corrected chi connectivity index (χ3v) is 5.50. The van der Waals surface area contributed by atoms with Crippen LogP contribution < -0.4 is 11.5 Å². The molecule has 0 unspecified atom stereocenters. The molecule has 0 aliphatic carbocycles. The molecule has 0 saturated carbocycles. The molecular formula is C28H32N2O4. The van der Waals surface area contributed by atoms with Gasteiger partial charge < -0.3 is 20.9 Å². The maximum absolute atomic E-state index is 12.1. The van der Waals surface area contributed by atoms with E-state index in [-0.39, 0.29) is 13.2 Å². The van der Waals surface area contributed by atoms with E-state index in [4.69, 9.17) is 20.9 Å². The van der Waals surface area contributed by atoms with Crippen LogP contribution in [0.2, 0.25) is 0 Å².